The number of fused-ring (bicyclic) bond motifs is 3. The number of hydrogen-bond acceptors (Lipinski definition) is 1. The van der Waals surface area contributed by atoms with Gasteiger partial charge in [-0.25, -0.2) is 0 Å². The van der Waals surface area contributed by atoms with Gasteiger partial charge in [0.1, 0.15) is 0 Å². The number of carbonyl (C=O) groups excluding carboxylic acids is 1. The standard InChI is InChI=1S/C13H9.C4H9NO.C2H6Si.2ClH.Zr/c1-3-7-12-10(5-1)9-11-6-2-4-8-13(11)12;1-2-3-4(5)6;1-3-2;;;/h1-9H;2-3H2,1H3,(H2,5,6);1-2H3;2*1H;/q-1;;;;;+4/p-3. The van der Waals surface area contributed by atoms with Crippen molar-refractivity contribution in [3.05, 3.63) is 60.3 Å². The van der Waals surface area contributed by atoms with Gasteiger partial charge < -0.3 is 35.3 Å². The number of hydrogen-bond donors (Lipinski definition) is 0. The van der Waals surface area contributed by atoms with E-state index in [2.05, 4.69) is 67.7 Å². The van der Waals surface area contributed by atoms with Crippen LogP contribution in [0.4, 0.5) is 0 Å². The van der Waals surface area contributed by atoms with Gasteiger partial charge in [-0.15, -0.1) is 39.7 Å². The molecule has 0 aromatic heterocycles. The number of carbonyl (C=O) groups is 1. The van der Waals surface area contributed by atoms with E-state index in [1.165, 1.54) is 21.5 Å². The number of rotatable bonds is 2. The summed E-state index contributed by atoms with van der Waals surface area (Å²) in [4.78, 5) is 9.71. The van der Waals surface area contributed by atoms with Gasteiger partial charge in [0.05, 0.1) is 0 Å². The smallest absolute Gasteiger partial charge is 1.00 e. The molecule has 3 aromatic carbocycles. The molecule has 2 nitrogen and oxygen atoms in total. The molecule has 1 amide bonds. The third-order valence-corrected chi connectivity index (χ3v) is 3.00. The fourth-order valence-corrected chi connectivity index (χ4v) is 2.13. The molecule has 0 saturated heterocycles. The maximum Gasteiger partial charge on any atom is 4.00 e. The van der Waals surface area contributed by atoms with Crippen molar-refractivity contribution < 1.29 is 55.8 Å². The van der Waals surface area contributed by atoms with Crippen LogP contribution in [0.25, 0.3) is 27.3 Å². The maximum absolute atomic E-state index is 9.71. The average Bonchev–Trinajstić information content (AvgIpc) is 2.87. The van der Waals surface area contributed by atoms with Crippen LogP contribution in [0.3, 0.4) is 0 Å². The second kappa shape index (κ2) is 16.9. The Morgan fingerprint density at radius 3 is 1.60 bits per heavy atom. The van der Waals surface area contributed by atoms with E-state index in [-0.39, 0.29) is 51.0 Å². The van der Waals surface area contributed by atoms with Gasteiger partial charge in [-0.1, -0.05) is 62.8 Å². The second-order valence-corrected chi connectivity index (χ2v) is 5.99. The van der Waals surface area contributed by atoms with Crippen molar-refractivity contribution in [1.82, 2.24) is 0 Å². The third-order valence-electron chi connectivity index (χ3n) is 3.00. The molecule has 132 valence electrons. The number of halogens is 2. The molecule has 0 heterocycles. The van der Waals surface area contributed by atoms with Gasteiger partial charge in [-0.3, -0.25) is 0 Å². The average molecular weight is 472 g/mol. The fraction of sp³-hybridized carbons (Fsp3) is 0.263. The summed E-state index contributed by atoms with van der Waals surface area (Å²) in [6, 6.07) is 19.3. The monoisotopic (exact) mass is 469 g/mol. The van der Waals surface area contributed by atoms with E-state index in [1.807, 2.05) is 6.92 Å². The molecule has 0 aliphatic heterocycles. The zero-order chi connectivity index (χ0) is 16.4. The van der Waals surface area contributed by atoms with Crippen LogP contribution in [0.2, 0.25) is 13.1 Å². The quantitative estimate of drug-likeness (QED) is 0.379. The summed E-state index contributed by atoms with van der Waals surface area (Å²) in [7, 11) is 1.08. The molecule has 1 N–H and O–H groups in total. The van der Waals surface area contributed by atoms with Gasteiger partial charge in [0, 0.05) is 15.4 Å². The Labute approximate surface area is 185 Å². The van der Waals surface area contributed by atoms with Crippen LogP contribution in [0, 0.1) is 0 Å². The Hall–Kier alpha value is -0.540. The molecule has 2 radical (unpaired) electrons. The van der Waals surface area contributed by atoms with Gasteiger partial charge in [0.25, 0.3) is 0 Å². The molecule has 0 atom stereocenters. The number of benzene rings is 2. The summed E-state index contributed by atoms with van der Waals surface area (Å²) in [5.74, 6) is -0.461. The van der Waals surface area contributed by atoms with E-state index in [9.17, 15) is 4.79 Å². The Morgan fingerprint density at radius 1 is 0.960 bits per heavy atom. The number of nitrogens with one attached hydrogen (secondary N) is 1. The van der Waals surface area contributed by atoms with Gasteiger partial charge in [-0.05, 0) is 6.42 Å². The van der Waals surface area contributed by atoms with E-state index in [0.717, 1.165) is 15.9 Å². The minimum absolute atomic E-state index is 0. The first kappa shape index (κ1) is 29.2. The van der Waals surface area contributed by atoms with E-state index < -0.39 is 5.91 Å². The Balaban J connectivity index is -0.000000353. The molecule has 25 heavy (non-hydrogen) atoms. The largest absolute Gasteiger partial charge is 4.00 e. The molecule has 0 fully saturated rings. The van der Waals surface area contributed by atoms with Crippen molar-refractivity contribution in [2.45, 2.75) is 32.9 Å². The Bertz CT molecular complexity index is 668. The van der Waals surface area contributed by atoms with Crippen LogP contribution in [0.5, 0.6) is 0 Å². The molecule has 0 unspecified atom stereocenters. The van der Waals surface area contributed by atoms with Crippen LogP contribution < -0.4 is 24.8 Å². The third kappa shape index (κ3) is 10.3. The second-order valence-electron chi connectivity index (χ2n) is 4.99. The molecular formula is C19H23Cl2NOSiZr. The van der Waals surface area contributed by atoms with Crippen LogP contribution >= 0.6 is 0 Å². The SMILES string of the molecule is CCCC([NH-])=O.C[Si]C.[Cl-].[Cl-].[Zr+4].c1ccc2c(c1)[cH-]c1ccccc12. The molecule has 3 aromatic rings. The summed E-state index contributed by atoms with van der Waals surface area (Å²) in [5, 5.41) is 5.39. The summed E-state index contributed by atoms with van der Waals surface area (Å²) in [6.45, 7) is 6.19. The molecule has 3 rings (SSSR count). The van der Waals surface area contributed by atoms with Crippen molar-refractivity contribution in [2.75, 3.05) is 0 Å². The summed E-state index contributed by atoms with van der Waals surface area (Å²) in [6.07, 6.45) is 1.20. The minimum atomic E-state index is -0.461. The Morgan fingerprint density at radius 2 is 1.32 bits per heavy atom. The van der Waals surface area contributed by atoms with Crippen molar-refractivity contribution in [3.8, 4) is 0 Å². The van der Waals surface area contributed by atoms with Crippen LogP contribution in [0.15, 0.2) is 54.6 Å². The van der Waals surface area contributed by atoms with Crippen molar-refractivity contribution in [2.24, 2.45) is 0 Å². The Kier molecular flexibility index (Phi) is 19.8. The minimum Gasteiger partial charge on any atom is -1.00 e. The van der Waals surface area contributed by atoms with E-state index >= 15 is 0 Å². The van der Waals surface area contributed by atoms with Gasteiger partial charge in [0.15, 0.2) is 0 Å². The van der Waals surface area contributed by atoms with Crippen LogP contribution in [0.1, 0.15) is 19.8 Å². The van der Waals surface area contributed by atoms with Gasteiger partial charge in [0.2, 0.25) is 0 Å². The van der Waals surface area contributed by atoms with Gasteiger partial charge >= 0.3 is 26.2 Å². The molecule has 6 heteroatoms. The molecule has 0 aliphatic carbocycles. The van der Waals surface area contributed by atoms with Gasteiger partial charge in [-0.2, -0.15) is 0 Å². The molecule has 0 spiro atoms. The normalized spacial score (nSPS) is 8.44. The molecule has 0 aliphatic rings. The van der Waals surface area contributed by atoms with Crippen LogP contribution in [-0.2, 0) is 31.0 Å². The van der Waals surface area contributed by atoms with Crippen molar-refractivity contribution >= 4 is 37.0 Å². The van der Waals surface area contributed by atoms with Crippen LogP contribution in [-0.4, -0.2) is 15.4 Å². The zero-order valence-electron chi connectivity index (χ0n) is 14.8. The van der Waals surface area contributed by atoms with Crippen molar-refractivity contribution in [1.29, 1.82) is 0 Å². The fourth-order valence-electron chi connectivity index (χ4n) is 2.13. The van der Waals surface area contributed by atoms with E-state index in [4.69, 9.17) is 5.73 Å². The molecular weight excluding hydrogens is 448 g/mol. The predicted molar refractivity (Wildman–Crippen MR) is 98.8 cm³/mol. The predicted octanol–water partition coefficient (Wildman–Crippen LogP) is -0.130. The first-order valence-corrected chi connectivity index (χ1v) is 9.50. The summed E-state index contributed by atoms with van der Waals surface area (Å²) < 4.78 is 0. The topological polar surface area (TPSA) is 40.9 Å². The van der Waals surface area contributed by atoms with Crippen molar-refractivity contribution in [3.63, 3.8) is 0 Å². The summed E-state index contributed by atoms with van der Waals surface area (Å²) in [5.41, 5.74) is 6.34. The van der Waals surface area contributed by atoms with E-state index in [1.54, 1.807) is 0 Å². The first-order chi connectivity index (χ1) is 10.6. The molecule has 0 bridgehead atoms. The molecule has 0 saturated carbocycles. The van der Waals surface area contributed by atoms with E-state index in [0.29, 0.717) is 6.42 Å². The number of amides is 1. The zero-order valence-corrected chi connectivity index (χ0v) is 19.7. The summed E-state index contributed by atoms with van der Waals surface area (Å²) >= 11 is 0. The maximum atomic E-state index is 9.71. The first-order valence-electron chi connectivity index (χ1n) is 7.50.